The molecule has 5 nitrogen and oxygen atoms in total. The summed E-state index contributed by atoms with van der Waals surface area (Å²) < 4.78 is 38.5. The fraction of sp³-hybridized carbons (Fsp3) is 0.500. The van der Waals surface area contributed by atoms with Crippen LogP contribution in [0.1, 0.15) is 76.7 Å². The second-order valence-corrected chi connectivity index (χ2v) is 9.14. The van der Waals surface area contributed by atoms with Crippen LogP contribution in [-0.2, 0) is 16.5 Å². The molecule has 0 atom stereocenters. The highest BCUT2D eigenvalue weighted by molar-refractivity contribution is 7.86. The summed E-state index contributed by atoms with van der Waals surface area (Å²) in [5.41, 5.74) is 0.992. The van der Waals surface area contributed by atoms with E-state index in [1.165, 1.54) is 63.5 Å². The van der Waals surface area contributed by atoms with Gasteiger partial charge in [0.05, 0.1) is 0 Å². The highest BCUT2D eigenvalue weighted by Gasteiger charge is 2.19. The molecule has 0 spiro atoms. The molecule has 0 aliphatic heterocycles. The fourth-order valence-electron chi connectivity index (χ4n) is 3.51. The van der Waals surface area contributed by atoms with Gasteiger partial charge < -0.3 is 9.84 Å². The third-order valence-corrected chi connectivity index (χ3v) is 6.07. The molecule has 0 heterocycles. The molecule has 0 aliphatic carbocycles. The van der Waals surface area contributed by atoms with Gasteiger partial charge in [-0.25, -0.2) is 0 Å². The monoisotopic (exact) mass is 434 g/mol. The highest BCUT2D eigenvalue weighted by atomic mass is 32.2. The van der Waals surface area contributed by atoms with Crippen LogP contribution < -0.4 is 4.74 Å². The number of phenols is 1. The van der Waals surface area contributed by atoms with Gasteiger partial charge in [-0.05, 0) is 36.6 Å². The van der Waals surface area contributed by atoms with Crippen molar-refractivity contribution in [1.29, 1.82) is 0 Å². The molecule has 30 heavy (non-hydrogen) atoms. The third kappa shape index (κ3) is 8.36. The largest absolute Gasteiger partial charge is 0.508 e. The van der Waals surface area contributed by atoms with E-state index in [4.69, 9.17) is 4.74 Å². The van der Waals surface area contributed by atoms with Crippen molar-refractivity contribution in [2.75, 3.05) is 0 Å². The van der Waals surface area contributed by atoms with E-state index >= 15 is 0 Å². The zero-order valence-electron chi connectivity index (χ0n) is 17.8. The van der Waals surface area contributed by atoms with Gasteiger partial charge in [0.15, 0.2) is 0 Å². The van der Waals surface area contributed by atoms with E-state index in [9.17, 15) is 18.1 Å². The van der Waals surface area contributed by atoms with E-state index < -0.39 is 15.0 Å². The predicted molar refractivity (Wildman–Crippen MR) is 120 cm³/mol. The van der Waals surface area contributed by atoms with Crippen LogP contribution >= 0.6 is 0 Å². The summed E-state index contributed by atoms with van der Waals surface area (Å²) in [6.07, 6.45) is 13.5. The smallest absolute Gasteiger partial charge is 0.298 e. The van der Waals surface area contributed by atoms with Crippen molar-refractivity contribution in [2.45, 2.75) is 82.4 Å². The SMILES string of the molecule is CCCCCCCCCCCCc1ccccc1Oc1ccc(O)cc1S(=O)(=O)O. The number of rotatable bonds is 14. The number of aromatic hydroxyl groups is 1. The summed E-state index contributed by atoms with van der Waals surface area (Å²) in [6.45, 7) is 2.24. The van der Waals surface area contributed by atoms with Gasteiger partial charge in [-0.15, -0.1) is 0 Å². The van der Waals surface area contributed by atoms with Crippen molar-refractivity contribution in [3.63, 3.8) is 0 Å². The second-order valence-electron chi connectivity index (χ2n) is 7.75. The standard InChI is InChI=1S/C24H34O5S/c1-2-3-4-5-6-7-8-9-10-11-14-20-15-12-13-16-22(20)29-23-18-17-21(25)19-24(23)30(26,27)28/h12-13,15-19,25H,2-11,14H2,1H3,(H,26,27,28). The highest BCUT2D eigenvalue weighted by Crippen LogP contribution is 2.33. The van der Waals surface area contributed by atoms with Crippen molar-refractivity contribution in [3.8, 4) is 17.2 Å². The lowest BCUT2D eigenvalue weighted by atomic mass is 10.0. The van der Waals surface area contributed by atoms with E-state index in [0.29, 0.717) is 5.75 Å². The molecule has 0 amide bonds. The van der Waals surface area contributed by atoms with Gasteiger partial charge in [0.25, 0.3) is 10.1 Å². The van der Waals surface area contributed by atoms with Gasteiger partial charge in [0.1, 0.15) is 22.1 Å². The van der Waals surface area contributed by atoms with Crippen LogP contribution in [0.2, 0.25) is 0 Å². The lowest BCUT2D eigenvalue weighted by Gasteiger charge is -2.13. The maximum atomic E-state index is 11.6. The number of aryl methyl sites for hydroxylation is 1. The average Bonchev–Trinajstić information content (AvgIpc) is 2.71. The molecule has 0 aromatic heterocycles. The van der Waals surface area contributed by atoms with Crippen LogP contribution in [-0.4, -0.2) is 18.1 Å². The molecule has 6 heteroatoms. The van der Waals surface area contributed by atoms with E-state index in [-0.39, 0.29) is 11.5 Å². The van der Waals surface area contributed by atoms with Crippen molar-refractivity contribution in [1.82, 2.24) is 0 Å². The second kappa shape index (κ2) is 12.6. The van der Waals surface area contributed by atoms with Gasteiger partial charge >= 0.3 is 0 Å². The van der Waals surface area contributed by atoms with Crippen LogP contribution in [0.3, 0.4) is 0 Å². The van der Waals surface area contributed by atoms with E-state index in [2.05, 4.69) is 6.92 Å². The Morgan fingerprint density at radius 1 is 0.800 bits per heavy atom. The van der Waals surface area contributed by atoms with Crippen LogP contribution in [0.15, 0.2) is 47.4 Å². The average molecular weight is 435 g/mol. The summed E-state index contributed by atoms with van der Waals surface area (Å²) in [4.78, 5) is -0.448. The fourth-order valence-corrected chi connectivity index (χ4v) is 4.15. The molecule has 0 saturated heterocycles. The zero-order valence-corrected chi connectivity index (χ0v) is 18.7. The molecule has 0 unspecified atom stereocenters. The molecular formula is C24H34O5S. The van der Waals surface area contributed by atoms with Crippen molar-refractivity contribution >= 4 is 10.1 Å². The Labute approximate surface area is 180 Å². The molecule has 0 radical (unpaired) electrons. The van der Waals surface area contributed by atoms with Gasteiger partial charge in [-0.2, -0.15) is 8.42 Å². The van der Waals surface area contributed by atoms with Crippen LogP contribution in [0.4, 0.5) is 0 Å². The molecule has 166 valence electrons. The molecule has 0 saturated carbocycles. The van der Waals surface area contributed by atoms with Gasteiger partial charge in [0, 0.05) is 6.07 Å². The lowest BCUT2D eigenvalue weighted by Crippen LogP contribution is -2.02. The Bertz CT molecular complexity index is 877. The number of para-hydroxylation sites is 1. The Morgan fingerprint density at radius 2 is 1.40 bits per heavy atom. The lowest BCUT2D eigenvalue weighted by molar-refractivity contribution is 0.435. The normalized spacial score (nSPS) is 11.5. The quantitative estimate of drug-likeness (QED) is 0.250. The van der Waals surface area contributed by atoms with Crippen LogP contribution in [0, 0.1) is 0 Å². The first-order valence-corrected chi connectivity index (χ1v) is 12.4. The van der Waals surface area contributed by atoms with Crippen molar-refractivity contribution in [3.05, 3.63) is 48.0 Å². The predicted octanol–water partition coefficient (Wildman–Crippen LogP) is 6.89. The van der Waals surface area contributed by atoms with Gasteiger partial charge in [-0.3, -0.25) is 4.55 Å². The minimum Gasteiger partial charge on any atom is -0.508 e. The number of hydrogen-bond donors (Lipinski definition) is 2. The molecule has 2 aromatic rings. The molecule has 2 rings (SSSR count). The number of benzene rings is 2. The number of phenolic OH excluding ortho intramolecular Hbond substituents is 1. The molecule has 2 N–H and O–H groups in total. The van der Waals surface area contributed by atoms with Crippen molar-refractivity contribution in [2.24, 2.45) is 0 Å². The first-order valence-electron chi connectivity index (χ1n) is 11.0. The van der Waals surface area contributed by atoms with Crippen LogP contribution in [0.5, 0.6) is 17.2 Å². The minimum atomic E-state index is -4.51. The summed E-state index contributed by atoms with van der Waals surface area (Å²) in [6, 6.07) is 11.2. The maximum absolute atomic E-state index is 11.6. The first-order chi connectivity index (χ1) is 14.4. The number of ether oxygens (including phenoxy) is 1. The number of unbranched alkanes of at least 4 members (excludes halogenated alkanes) is 9. The Kier molecular flexibility index (Phi) is 10.2. The topological polar surface area (TPSA) is 83.8 Å². The van der Waals surface area contributed by atoms with E-state index in [0.717, 1.165) is 30.9 Å². The summed E-state index contributed by atoms with van der Waals surface area (Å²) >= 11 is 0. The third-order valence-electron chi connectivity index (χ3n) is 5.20. The Balaban J connectivity index is 1.86. The minimum absolute atomic E-state index is 0.00850. The summed E-state index contributed by atoms with van der Waals surface area (Å²) in [7, 11) is -4.51. The van der Waals surface area contributed by atoms with Gasteiger partial charge in [0.2, 0.25) is 0 Å². The molecule has 0 fully saturated rings. The molecule has 0 bridgehead atoms. The summed E-state index contributed by atoms with van der Waals surface area (Å²) in [5, 5.41) is 9.55. The zero-order chi connectivity index (χ0) is 21.8. The first kappa shape index (κ1) is 24.2. The Morgan fingerprint density at radius 3 is 2.03 bits per heavy atom. The van der Waals surface area contributed by atoms with E-state index in [1.807, 2.05) is 18.2 Å². The Hall–Kier alpha value is -2.05. The van der Waals surface area contributed by atoms with Gasteiger partial charge in [-0.1, -0.05) is 82.9 Å². The summed E-state index contributed by atoms with van der Waals surface area (Å²) in [5.74, 6) is 0.295. The molecule has 0 aliphatic rings. The van der Waals surface area contributed by atoms with E-state index in [1.54, 1.807) is 6.07 Å². The number of hydrogen-bond acceptors (Lipinski definition) is 4. The molecular weight excluding hydrogens is 400 g/mol. The van der Waals surface area contributed by atoms with Crippen LogP contribution in [0.25, 0.3) is 0 Å². The molecule has 2 aromatic carbocycles. The van der Waals surface area contributed by atoms with Crippen molar-refractivity contribution < 1.29 is 22.8 Å². The maximum Gasteiger partial charge on any atom is 0.298 e.